The summed E-state index contributed by atoms with van der Waals surface area (Å²) >= 11 is 1.88. The van der Waals surface area contributed by atoms with Gasteiger partial charge in [0.2, 0.25) is 0 Å². The molecule has 2 aromatic heterocycles. The summed E-state index contributed by atoms with van der Waals surface area (Å²) in [6.07, 6.45) is 0. The first kappa shape index (κ1) is 75.0. The number of anilines is 6. The van der Waals surface area contributed by atoms with Gasteiger partial charge in [-0.3, -0.25) is 0 Å². The maximum atomic E-state index is 7.14. The first-order valence-electron chi connectivity index (χ1n) is 43.3. The van der Waals surface area contributed by atoms with Crippen LogP contribution >= 0.6 is 11.3 Å². The van der Waals surface area contributed by atoms with Gasteiger partial charge < -0.3 is 14.2 Å². The van der Waals surface area contributed by atoms with E-state index >= 15 is 0 Å². The largest absolute Gasteiger partial charge is 0.455 e. The van der Waals surface area contributed by atoms with E-state index in [1.165, 1.54) is 131 Å². The summed E-state index contributed by atoms with van der Waals surface area (Å²) in [5.41, 5.74) is 36.8. The van der Waals surface area contributed by atoms with Crippen LogP contribution in [0.5, 0.6) is 0 Å². The minimum absolute atomic E-state index is 0.447. The summed E-state index contributed by atoms with van der Waals surface area (Å²) < 4.78 is 9.73. The van der Waals surface area contributed by atoms with Gasteiger partial charge in [0.25, 0.3) is 0 Å². The highest BCUT2D eigenvalue weighted by atomic mass is 32.1. The molecule has 4 heteroatoms. The Morgan fingerprint density at radius 2 is 0.500 bits per heavy atom. The molecule has 0 atom stereocenters. The molecule has 0 radical (unpaired) electrons. The standard InChI is InChI=1S/C61H41NO.C61H41NS/c1-4-19-42(20-5-1)43-35-38-47(39-36-43)62(46-23-8-3-9-24-46)58-34-17-14-29-52(58)48-25-10-11-26-49(48)54-30-18-31-55-53-40-37-45(41-59(53)63-60(54)55)61(44-21-6-2-7-22-44)56-32-15-12-27-50(56)51-28-13-16-33-57(51)61;1-4-18-42(19-5-1)43-32-36-48(37-33-43)62(47-22-8-3-9-23-47)58-31-17-14-28-53(58)50-25-11-10-24-49(50)44-34-38-59-54(40-44)55-41-46(35-39-60(55)63-59)61(45-20-6-2-7-21-45)56-29-15-12-26-51(56)52-27-13-16-30-57(52)61/h2*1-41H. The van der Waals surface area contributed by atoms with Crippen molar-refractivity contribution in [2.45, 2.75) is 10.8 Å². The zero-order chi connectivity index (χ0) is 83.5. The molecule has 0 N–H and O–H groups in total. The van der Waals surface area contributed by atoms with Crippen LogP contribution in [0.25, 0.3) is 131 Å². The lowest BCUT2D eigenvalue weighted by molar-refractivity contribution is 0.666. The summed E-state index contributed by atoms with van der Waals surface area (Å²) in [4.78, 5) is 4.76. The van der Waals surface area contributed by atoms with Crippen LogP contribution in [0.2, 0.25) is 0 Å². The summed E-state index contributed by atoms with van der Waals surface area (Å²) in [5.74, 6) is 0. The normalized spacial score (nSPS) is 12.6. The van der Waals surface area contributed by atoms with Gasteiger partial charge in [0, 0.05) is 70.4 Å². The summed E-state index contributed by atoms with van der Waals surface area (Å²) in [5, 5.41) is 4.77. The average Bonchev–Trinajstić information content (AvgIpc) is 1.54. The molecule has 0 fully saturated rings. The van der Waals surface area contributed by atoms with Gasteiger partial charge in [0.1, 0.15) is 11.2 Å². The third kappa shape index (κ3) is 12.6. The van der Waals surface area contributed by atoms with Crippen molar-refractivity contribution < 1.29 is 4.42 Å². The summed E-state index contributed by atoms with van der Waals surface area (Å²) in [6, 6.07) is 181. The van der Waals surface area contributed by atoms with E-state index in [9.17, 15) is 0 Å². The number of hydrogen-bond acceptors (Lipinski definition) is 4. The van der Waals surface area contributed by atoms with E-state index in [1.807, 2.05) is 11.3 Å². The Bertz CT molecular complexity index is 7720. The number of hydrogen-bond donors (Lipinski definition) is 0. The number of para-hydroxylation sites is 5. The van der Waals surface area contributed by atoms with Gasteiger partial charge in [0.15, 0.2) is 0 Å². The van der Waals surface area contributed by atoms with Crippen LogP contribution in [0.4, 0.5) is 34.1 Å². The van der Waals surface area contributed by atoms with Crippen LogP contribution in [-0.2, 0) is 10.8 Å². The molecule has 2 heterocycles. The monoisotopic (exact) mass is 1620 g/mol. The van der Waals surface area contributed by atoms with Crippen LogP contribution in [-0.4, -0.2) is 0 Å². The number of nitrogens with zero attached hydrogens (tertiary/aromatic N) is 2. The fourth-order valence-corrected chi connectivity index (χ4v) is 21.5. The molecular formula is C122H82N2OS. The van der Waals surface area contributed by atoms with Crippen molar-refractivity contribution in [2.24, 2.45) is 0 Å². The Kier molecular flexibility index (Phi) is 18.9. The van der Waals surface area contributed by atoms with Crippen molar-refractivity contribution in [3.8, 4) is 89.0 Å². The Labute approximate surface area is 738 Å². The number of benzene rings is 20. The van der Waals surface area contributed by atoms with Crippen LogP contribution in [0.15, 0.2) is 502 Å². The molecule has 0 amide bonds. The van der Waals surface area contributed by atoms with Gasteiger partial charge in [-0.2, -0.15) is 0 Å². The van der Waals surface area contributed by atoms with Crippen LogP contribution < -0.4 is 9.80 Å². The number of fused-ring (bicyclic) bond motifs is 12. The molecule has 2 aliphatic carbocycles. The minimum Gasteiger partial charge on any atom is -0.455 e. The topological polar surface area (TPSA) is 19.6 Å². The van der Waals surface area contributed by atoms with Crippen molar-refractivity contribution in [1.82, 2.24) is 0 Å². The molecule has 0 bridgehead atoms. The molecule has 2 aliphatic rings. The van der Waals surface area contributed by atoms with E-state index in [4.69, 9.17) is 4.42 Å². The average molecular weight is 1620 g/mol. The van der Waals surface area contributed by atoms with Crippen LogP contribution in [0.1, 0.15) is 44.5 Å². The molecule has 0 saturated heterocycles. The van der Waals surface area contributed by atoms with E-state index < -0.39 is 10.8 Å². The highest BCUT2D eigenvalue weighted by Gasteiger charge is 2.48. The first-order chi connectivity index (χ1) is 62.5. The lowest BCUT2D eigenvalue weighted by atomic mass is 9.67. The second-order valence-electron chi connectivity index (χ2n) is 32.7. The smallest absolute Gasteiger partial charge is 0.143 e. The van der Waals surface area contributed by atoms with Gasteiger partial charge in [-0.1, -0.05) is 406 Å². The quantitative estimate of drug-likeness (QED) is 0.0961. The van der Waals surface area contributed by atoms with Gasteiger partial charge in [0.05, 0.1) is 22.2 Å². The maximum Gasteiger partial charge on any atom is 0.143 e. The maximum absolute atomic E-state index is 7.14. The highest BCUT2D eigenvalue weighted by Crippen LogP contribution is 2.60. The fourth-order valence-electron chi connectivity index (χ4n) is 20.4. The lowest BCUT2D eigenvalue weighted by Crippen LogP contribution is -2.28. The molecule has 126 heavy (non-hydrogen) atoms. The van der Waals surface area contributed by atoms with E-state index in [-0.39, 0.29) is 0 Å². The SMILES string of the molecule is c1ccc(-c2ccc(N(c3ccccc3)c3ccccc3-c3ccccc3-c3ccc4sc5ccc(C6(c7ccccc7)c7ccccc7-c7ccccc76)cc5c4c3)cc2)cc1.c1ccc(-c2ccc(N(c3ccccc3)c3ccccc3-c3ccccc3-c3cccc4c3oc3cc(C5(c6ccccc6)c6ccccc6-c6ccccc65)ccc34)cc2)cc1. The number of rotatable bonds is 16. The van der Waals surface area contributed by atoms with Crippen molar-refractivity contribution >= 4 is 87.6 Å². The van der Waals surface area contributed by atoms with E-state index in [1.54, 1.807) is 0 Å². The van der Waals surface area contributed by atoms with Crippen molar-refractivity contribution in [2.75, 3.05) is 9.80 Å². The Morgan fingerprint density at radius 1 is 0.183 bits per heavy atom. The molecule has 0 saturated carbocycles. The number of furan rings is 1. The number of thiophene rings is 1. The Morgan fingerprint density at radius 3 is 0.960 bits per heavy atom. The van der Waals surface area contributed by atoms with E-state index in [2.05, 4.69) is 507 Å². The predicted molar refractivity (Wildman–Crippen MR) is 530 cm³/mol. The van der Waals surface area contributed by atoms with Gasteiger partial charge in [-0.15, -0.1) is 11.3 Å². The second kappa shape index (κ2) is 31.8. The van der Waals surface area contributed by atoms with Crippen LogP contribution in [0, 0.1) is 0 Å². The Hall–Kier alpha value is -16.0. The summed E-state index contributed by atoms with van der Waals surface area (Å²) in [6.45, 7) is 0. The molecule has 22 aromatic rings. The predicted octanol–water partition coefficient (Wildman–Crippen LogP) is 33.3. The van der Waals surface area contributed by atoms with Gasteiger partial charge in [-0.05, 0) is 208 Å². The molecule has 0 unspecified atom stereocenters. The third-order valence-corrected chi connectivity index (χ3v) is 27.1. The molecule has 3 nitrogen and oxygen atoms in total. The second-order valence-corrected chi connectivity index (χ2v) is 33.8. The van der Waals surface area contributed by atoms with Crippen molar-refractivity contribution in [1.29, 1.82) is 0 Å². The zero-order valence-corrected chi connectivity index (χ0v) is 69.9. The zero-order valence-electron chi connectivity index (χ0n) is 69.1. The van der Waals surface area contributed by atoms with E-state index in [0.29, 0.717) is 0 Å². The highest BCUT2D eigenvalue weighted by molar-refractivity contribution is 7.25. The minimum atomic E-state index is -0.507. The first-order valence-corrected chi connectivity index (χ1v) is 44.2. The molecule has 24 rings (SSSR count). The third-order valence-electron chi connectivity index (χ3n) is 26.0. The van der Waals surface area contributed by atoms with E-state index in [0.717, 1.165) is 78.3 Å². The molecule has 20 aromatic carbocycles. The fraction of sp³-hybridized carbons (Fsp3) is 0.0164. The van der Waals surface area contributed by atoms with Gasteiger partial charge in [-0.25, -0.2) is 0 Å². The van der Waals surface area contributed by atoms with Crippen molar-refractivity contribution in [3.05, 3.63) is 542 Å². The molecule has 0 spiro atoms. The molecular weight excluding hydrogens is 1540 g/mol. The van der Waals surface area contributed by atoms with Crippen molar-refractivity contribution in [3.63, 3.8) is 0 Å². The molecule has 0 aliphatic heterocycles. The van der Waals surface area contributed by atoms with Gasteiger partial charge >= 0.3 is 0 Å². The van der Waals surface area contributed by atoms with Crippen LogP contribution in [0.3, 0.4) is 0 Å². The molecule has 592 valence electrons. The Balaban J connectivity index is 0.000000145. The lowest BCUT2D eigenvalue weighted by Gasteiger charge is -2.34. The summed E-state index contributed by atoms with van der Waals surface area (Å²) in [7, 11) is 0.